The molecule has 1 heteroatoms. The lowest BCUT2D eigenvalue weighted by Crippen LogP contribution is -2.12. The maximum absolute atomic E-state index is 6.22. The molecule has 0 aromatic heterocycles. The Kier molecular flexibility index (Phi) is 6.01. The van der Waals surface area contributed by atoms with Crippen molar-refractivity contribution < 1.29 is 4.74 Å². The first-order chi connectivity index (χ1) is 10.9. The van der Waals surface area contributed by atoms with Crippen LogP contribution in [0.15, 0.2) is 48.5 Å². The van der Waals surface area contributed by atoms with Gasteiger partial charge in [0, 0.05) is 0 Å². The number of ether oxygens (including phenoxy) is 1. The smallest absolute Gasteiger partial charge is 0.108 e. The van der Waals surface area contributed by atoms with Crippen LogP contribution >= 0.6 is 0 Å². The summed E-state index contributed by atoms with van der Waals surface area (Å²) in [4.78, 5) is 0. The van der Waals surface area contributed by atoms with E-state index in [0.717, 1.165) is 0 Å². The minimum absolute atomic E-state index is 0.00238. The third-order valence-electron chi connectivity index (χ3n) is 4.22. The van der Waals surface area contributed by atoms with Crippen LogP contribution in [0, 0.1) is 0 Å². The highest BCUT2D eigenvalue weighted by molar-refractivity contribution is 5.35. The van der Waals surface area contributed by atoms with Crippen LogP contribution in [-0.4, -0.2) is 6.10 Å². The molecule has 23 heavy (non-hydrogen) atoms. The molecular formula is C22H30O. The monoisotopic (exact) mass is 310 g/mol. The zero-order valence-electron chi connectivity index (χ0n) is 15.3. The fourth-order valence-electron chi connectivity index (χ4n) is 2.73. The molecule has 0 saturated carbocycles. The third-order valence-corrected chi connectivity index (χ3v) is 4.22. The molecule has 0 fully saturated rings. The summed E-state index contributed by atoms with van der Waals surface area (Å²) in [5.41, 5.74) is 5.18. The largest absolute Gasteiger partial charge is 0.366 e. The van der Waals surface area contributed by atoms with Crippen LogP contribution in [0.1, 0.15) is 81.7 Å². The molecule has 1 nitrogen and oxygen atoms in total. The third kappa shape index (κ3) is 4.68. The molecule has 2 aromatic carbocycles. The summed E-state index contributed by atoms with van der Waals surface area (Å²) in [6, 6.07) is 17.7. The van der Waals surface area contributed by atoms with Crippen molar-refractivity contribution in [2.24, 2.45) is 0 Å². The molecule has 2 aromatic rings. The van der Waals surface area contributed by atoms with Gasteiger partial charge in [-0.25, -0.2) is 0 Å². The standard InChI is InChI=1S/C22H30O/c1-15(2)18-7-11-20(12-8-18)22(23-17(5)6)21-13-9-19(10-14-21)16(3)4/h7-17,22H,1-6H3. The fourth-order valence-corrected chi connectivity index (χ4v) is 2.73. The minimum Gasteiger partial charge on any atom is -0.366 e. The van der Waals surface area contributed by atoms with Crippen LogP contribution in [0.25, 0.3) is 0 Å². The van der Waals surface area contributed by atoms with Gasteiger partial charge in [-0.05, 0) is 47.9 Å². The fraction of sp³-hybridized carbons (Fsp3) is 0.455. The molecule has 0 spiro atoms. The second-order valence-corrected chi connectivity index (χ2v) is 7.21. The number of rotatable bonds is 6. The van der Waals surface area contributed by atoms with Crippen LogP contribution < -0.4 is 0 Å². The molecule has 0 atom stereocenters. The van der Waals surface area contributed by atoms with Gasteiger partial charge in [0.1, 0.15) is 6.10 Å². The maximum atomic E-state index is 6.22. The van der Waals surface area contributed by atoms with Gasteiger partial charge in [-0.2, -0.15) is 0 Å². The molecule has 0 unspecified atom stereocenters. The molecule has 0 heterocycles. The van der Waals surface area contributed by atoms with Crippen LogP contribution in [0.5, 0.6) is 0 Å². The average molecular weight is 310 g/mol. The molecule has 0 aliphatic rings. The van der Waals surface area contributed by atoms with Crippen molar-refractivity contribution in [1.29, 1.82) is 0 Å². The Morgan fingerprint density at radius 3 is 1.09 bits per heavy atom. The normalized spacial score (nSPS) is 11.9. The molecule has 0 amide bonds. The zero-order valence-corrected chi connectivity index (χ0v) is 15.3. The Labute approximate surface area is 141 Å². The maximum Gasteiger partial charge on any atom is 0.108 e. The van der Waals surface area contributed by atoms with Crippen molar-refractivity contribution in [1.82, 2.24) is 0 Å². The molecule has 0 saturated heterocycles. The van der Waals surface area contributed by atoms with E-state index in [9.17, 15) is 0 Å². The van der Waals surface area contributed by atoms with E-state index in [-0.39, 0.29) is 12.2 Å². The van der Waals surface area contributed by atoms with E-state index < -0.39 is 0 Å². The van der Waals surface area contributed by atoms with E-state index >= 15 is 0 Å². The first kappa shape index (κ1) is 17.7. The van der Waals surface area contributed by atoms with Crippen LogP contribution in [0.4, 0.5) is 0 Å². The highest BCUT2D eigenvalue weighted by Gasteiger charge is 2.17. The summed E-state index contributed by atoms with van der Waals surface area (Å²) in [6.45, 7) is 13.1. The number of hydrogen-bond acceptors (Lipinski definition) is 1. The van der Waals surface area contributed by atoms with Gasteiger partial charge in [0.05, 0.1) is 6.10 Å². The highest BCUT2D eigenvalue weighted by atomic mass is 16.5. The minimum atomic E-state index is -0.00238. The molecule has 0 N–H and O–H groups in total. The number of benzene rings is 2. The van der Waals surface area contributed by atoms with E-state index in [0.29, 0.717) is 11.8 Å². The molecular weight excluding hydrogens is 280 g/mol. The topological polar surface area (TPSA) is 9.23 Å². The Bertz CT molecular complexity index is 539. The van der Waals surface area contributed by atoms with Gasteiger partial charge in [-0.1, -0.05) is 76.2 Å². The van der Waals surface area contributed by atoms with E-state index in [1.165, 1.54) is 22.3 Å². The van der Waals surface area contributed by atoms with Gasteiger partial charge in [-0.15, -0.1) is 0 Å². The van der Waals surface area contributed by atoms with Gasteiger partial charge in [0.2, 0.25) is 0 Å². The summed E-state index contributed by atoms with van der Waals surface area (Å²) < 4.78 is 6.22. The average Bonchev–Trinajstić information content (AvgIpc) is 2.52. The van der Waals surface area contributed by atoms with Crippen LogP contribution in [-0.2, 0) is 4.74 Å². The molecule has 0 bridgehead atoms. The first-order valence-electron chi connectivity index (χ1n) is 8.73. The lowest BCUT2D eigenvalue weighted by atomic mass is 9.95. The Hall–Kier alpha value is -1.60. The van der Waals surface area contributed by atoms with Gasteiger partial charge in [0.15, 0.2) is 0 Å². The quantitative estimate of drug-likeness (QED) is 0.596. The second kappa shape index (κ2) is 7.79. The molecule has 124 valence electrons. The molecule has 0 aliphatic carbocycles. The predicted octanol–water partition coefficient (Wildman–Crippen LogP) is 6.45. The van der Waals surface area contributed by atoms with E-state index in [2.05, 4.69) is 90.1 Å². The second-order valence-electron chi connectivity index (χ2n) is 7.21. The van der Waals surface area contributed by atoms with Crippen molar-refractivity contribution in [2.75, 3.05) is 0 Å². The first-order valence-corrected chi connectivity index (χ1v) is 8.73. The summed E-state index contributed by atoms with van der Waals surface area (Å²) in [7, 11) is 0. The van der Waals surface area contributed by atoms with Crippen LogP contribution in [0.3, 0.4) is 0 Å². The summed E-state index contributed by atoms with van der Waals surface area (Å²) >= 11 is 0. The van der Waals surface area contributed by atoms with Crippen molar-refractivity contribution in [3.05, 3.63) is 70.8 Å². The van der Waals surface area contributed by atoms with E-state index in [1.807, 2.05) is 0 Å². The Morgan fingerprint density at radius 2 is 0.826 bits per heavy atom. The van der Waals surface area contributed by atoms with Crippen molar-refractivity contribution in [3.63, 3.8) is 0 Å². The number of hydrogen-bond donors (Lipinski definition) is 0. The lowest BCUT2D eigenvalue weighted by Gasteiger charge is -2.22. The molecule has 2 rings (SSSR count). The van der Waals surface area contributed by atoms with Crippen molar-refractivity contribution in [2.45, 2.75) is 65.6 Å². The summed E-state index contributed by atoms with van der Waals surface area (Å²) in [5.74, 6) is 1.11. The molecule has 0 radical (unpaired) electrons. The Balaban J connectivity index is 2.32. The van der Waals surface area contributed by atoms with Gasteiger partial charge in [-0.3, -0.25) is 0 Å². The van der Waals surface area contributed by atoms with Crippen molar-refractivity contribution in [3.8, 4) is 0 Å². The Morgan fingerprint density at radius 1 is 0.522 bits per heavy atom. The predicted molar refractivity (Wildman–Crippen MR) is 99.1 cm³/mol. The van der Waals surface area contributed by atoms with Crippen LogP contribution in [0.2, 0.25) is 0 Å². The summed E-state index contributed by atoms with van der Waals surface area (Å²) in [5, 5.41) is 0. The zero-order chi connectivity index (χ0) is 17.0. The van der Waals surface area contributed by atoms with E-state index in [4.69, 9.17) is 4.74 Å². The highest BCUT2D eigenvalue weighted by Crippen LogP contribution is 2.29. The SMILES string of the molecule is CC(C)OC(c1ccc(C(C)C)cc1)c1ccc(C(C)C)cc1. The summed E-state index contributed by atoms with van der Waals surface area (Å²) in [6.07, 6.45) is 0.187. The van der Waals surface area contributed by atoms with Gasteiger partial charge < -0.3 is 4.74 Å². The van der Waals surface area contributed by atoms with Gasteiger partial charge in [0.25, 0.3) is 0 Å². The lowest BCUT2D eigenvalue weighted by molar-refractivity contribution is 0.0304. The van der Waals surface area contributed by atoms with E-state index in [1.54, 1.807) is 0 Å². The van der Waals surface area contributed by atoms with Crippen molar-refractivity contribution >= 4 is 0 Å². The van der Waals surface area contributed by atoms with Gasteiger partial charge >= 0.3 is 0 Å². The molecule has 0 aliphatic heterocycles.